The molecule has 0 radical (unpaired) electrons. The van der Waals surface area contributed by atoms with Gasteiger partial charge in [0.15, 0.2) is 11.6 Å². The summed E-state index contributed by atoms with van der Waals surface area (Å²) in [5.41, 5.74) is 29.8. The van der Waals surface area contributed by atoms with Crippen LogP contribution in [-0.2, 0) is 10.8 Å². The molecule has 2 spiro atoms. The van der Waals surface area contributed by atoms with Crippen LogP contribution in [0.3, 0.4) is 0 Å². The van der Waals surface area contributed by atoms with Crippen LogP contribution in [0.15, 0.2) is 364 Å². The Kier molecular flexibility index (Phi) is 13.4. The quantitative estimate of drug-likeness (QED) is 0.143. The van der Waals surface area contributed by atoms with E-state index in [2.05, 4.69) is 340 Å². The maximum absolute atomic E-state index is 7.25. The minimum atomic E-state index is -0.732. The molecule has 21 rings (SSSR count). The second kappa shape index (κ2) is 23.5. The van der Waals surface area contributed by atoms with Crippen molar-refractivity contribution in [3.63, 3.8) is 0 Å². The normalized spacial score (nSPS) is 13.3. The molecule has 0 bridgehead atoms. The molecule has 104 heavy (non-hydrogen) atoms. The van der Waals surface area contributed by atoms with Crippen molar-refractivity contribution in [2.75, 3.05) is 0 Å². The third kappa shape index (κ3) is 9.08. The fraction of sp³-hybridized carbons (Fsp3) is 0.0204. The van der Waals surface area contributed by atoms with Gasteiger partial charge in [-0.25, -0.2) is 19.9 Å². The molecule has 0 atom stereocenters. The molecule has 0 saturated carbocycles. The van der Waals surface area contributed by atoms with Crippen molar-refractivity contribution in [1.82, 2.24) is 19.9 Å². The molecular formula is C98H60N4O2. The molecule has 15 aromatic carbocycles. The Hall–Kier alpha value is -13.7. The minimum absolute atomic E-state index is 0.528. The number of benzene rings is 15. The van der Waals surface area contributed by atoms with Gasteiger partial charge in [0.25, 0.3) is 0 Å². The summed E-state index contributed by atoms with van der Waals surface area (Å²) in [6.45, 7) is 0. The first kappa shape index (κ1) is 59.2. The van der Waals surface area contributed by atoms with Gasteiger partial charge in [-0.15, -0.1) is 0 Å². The minimum Gasteiger partial charge on any atom is -0.457 e. The van der Waals surface area contributed by atoms with E-state index < -0.39 is 10.8 Å². The van der Waals surface area contributed by atoms with Crippen molar-refractivity contribution in [2.24, 2.45) is 0 Å². The Labute approximate surface area is 602 Å². The van der Waals surface area contributed by atoms with Crippen LogP contribution in [0, 0.1) is 0 Å². The fourth-order valence-electron chi connectivity index (χ4n) is 17.3. The van der Waals surface area contributed by atoms with E-state index in [0.29, 0.717) is 11.6 Å². The van der Waals surface area contributed by atoms with Crippen LogP contribution in [0.2, 0.25) is 0 Å². The van der Waals surface area contributed by atoms with Gasteiger partial charge in [-0.1, -0.05) is 303 Å². The zero-order valence-corrected chi connectivity index (χ0v) is 56.2. The number of fused-ring (bicyclic) bond motifs is 19. The van der Waals surface area contributed by atoms with Gasteiger partial charge in [-0.2, -0.15) is 0 Å². The lowest BCUT2D eigenvalue weighted by atomic mass is 9.65. The summed E-state index contributed by atoms with van der Waals surface area (Å²) < 4.78 is 14.2. The molecule has 0 unspecified atom stereocenters. The highest BCUT2D eigenvalue weighted by atomic mass is 16.5. The predicted octanol–water partition coefficient (Wildman–Crippen LogP) is 24.4. The van der Waals surface area contributed by atoms with Gasteiger partial charge in [0.2, 0.25) is 0 Å². The molecule has 4 heterocycles. The molecule has 484 valence electrons. The topological polar surface area (TPSA) is 70.0 Å². The van der Waals surface area contributed by atoms with E-state index in [9.17, 15) is 0 Å². The highest BCUT2D eigenvalue weighted by molar-refractivity contribution is 5.96. The molecule has 17 aromatic rings. The van der Waals surface area contributed by atoms with Crippen LogP contribution in [0.25, 0.3) is 134 Å². The molecule has 4 aliphatic rings. The van der Waals surface area contributed by atoms with Gasteiger partial charge in [0.05, 0.1) is 33.4 Å². The highest BCUT2D eigenvalue weighted by Gasteiger charge is 2.53. The Morgan fingerprint density at radius 3 is 1.23 bits per heavy atom. The molecule has 2 aromatic heterocycles. The summed E-state index contributed by atoms with van der Waals surface area (Å²) >= 11 is 0. The number of para-hydroxylation sites is 2. The van der Waals surface area contributed by atoms with Crippen molar-refractivity contribution < 1.29 is 9.47 Å². The summed E-state index contributed by atoms with van der Waals surface area (Å²) in [7, 11) is 0. The number of hydrogen-bond acceptors (Lipinski definition) is 6. The molecule has 2 aliphatic carbocycles. The van der Waals surface area contributed by atoms with Crippen LogP contribution in [0.1, 0.15) is 44.5 Å². The Morgan fingerprint density at radius 2 is 0.596 bits per heavy atom. The van der Waals surface area contributed by atoms with Crippen molar-refractivity contribution in [3.05, 3.63) is 408 Å². The van der Waals surface area contributed by atoms with Crippen molar-refractivity contribution in [2.45, 2.75) is 10.8 Å². The Bertz CT molecular complexity index is 6290. The van der Waals surface area contributed by atoms with E-state index in [4.69, 9.17) is 29.4 Å². The zero-order valence-electron chi connectivity index (χ0n) is 56.2. The van der Waals surface area contributed by atoms with E-state index >= 15 is 0 Å². The summed E-state index contributed by atoms with van der Waals surface area (Å²) in [6, 6.07) is 130. The molecule has 2 aliphatic heterocycles. The summed E-state index contributed by atoms with van der Waals surface area (Å²) in [5, 5.41) is 1.00. The van der Waals surface area contributed by atoms with E-state index in [1.54, 1.807) is 0 Å². The van der Waals surface area contributed by atoms with E-state index in [1.807, 2.05) is 24.3 Å². The molecule has 0 N–H and O–H groups in total. The number of aromatic nitrogens is 4. The first-order valence-electron chi connectivity index (χ1n) is 35.5. The van der Waals surface area contributed by atoms with Gasteiger partial charge in [-0.05, 0) is 150 Å². The smallest absolute Gasteiger partial charge is 0.160 e. The SMILES string of the molecule is c1ccc(-c2cc(-c3ccc(-c4ccc5c(c4)C4(c6ccc(-c7nc(-c8ccccc8)c8ccccc8n7)cc6O5)c5ccccc5-c5ccccc54)cc3-c3ccccc3)nc(-c3cccc(-c4cccc(-c5ccc6c(c5)Oc5ccccc5C65c6ccccc6-c6ccccc65)c4)c3)n2)cc1. The van der Waals surface area contributed by atoms with E-state index in [0.717, 1.165) is 146 Å². The second-order valence-corrected chi connectivity index (χ2v) is 27.4. The highest BCUT2D eigenvalue weighted by Crippen LogP contribution is 2.65. The van der Waals surface area contributed by atoms with Gasteiger partial charge >= 0.3 is 0 Å². The Balaban J connectivity index is 0.663. The molecule has 0 saturated heterocycles. The number of ether oxygens (including phenoxy) is 2. The lowest BCUT2D eigenvalue weighted by Crippen LogP contribution is -2.32. The Morgan fingerprint density at radius 1 is 0.192 bits per heavy atom. The van der Waals surface area contributed by atoms with Crippen LogP contribution in [0.5, 0.6) is 23.0 Å². The summed E-state index contributed by atoms with van der Waals surface area (Å²) in [5.74, 6) is 4.55. The number of hydrogen-bond donors (Lipinski definition) is 0. The third-order valence-corrected chi connectivity index (χ3v) is 21.9. The van der Waals surface area contributed by atoms with Gasteiger partial charge in [0, 0.05) is 55.5 Å². The van der Waals surface area contributed by atoms with Crippen molar-refractivity contribution in [3.8, 4) is 146 Å². The van der Waals surface area contributed by atoms with Gasteiger partial charge < -0.3 is 9.47 Å². The average Bonchev–Trinajstić information content (AvgIpc) is 1.49. The summed E-state index contributed by atoms with van der Waals surface area (Å²) in [4.78, 5) is 21.5. The second-order valence-electron chi connectivity index (χ2n) is 27.4. The van der Waals surface area contributed by atoms with Crippen LogP contribution < -0.4 is 9.47 Å². The lowest BCUT2D eigenvalue weighted by molar-refractivity contribution is 0.436. The van der Waals surface area contributed by atoms with Crippen LogP contribution in [-0.4, -0.2) is 19.9 Å². The van der Waals surface area contributed by atoms with E-state index in [-0.39, 0.29) is 0 Å². The first-order chi connectivity index (χ1) is 51.5. The number of rotatable bonds is 9. The number of nitrogens with zero attached hydrogens (tertiary/aromatic N) is 4. The maximum atomic E-state index is 7.25. The maximum Gasteiger partial charge on any atom is 0.160 e. The predicted molar refractivity (Wildman–Crippen MR) is 419 cm³/mol. The van der Waals surface area contributed by atoms with Gasteiger partial charge in [0.1, 0.15) is 23.0 Å². The molecule has 0 amide bonds. The average molecular weight is 1330 g/mol. The molecular weight excluding hydrogens is 1270 g/mol. The molecule has 0 fully saturated rings. The molecule has 6 nitrogen and oxygen atoms in total. The largest absolute Gasteiger partial charge is 0.457 e. The van der Waals surface area contributed by atoms with E-state index in [1.165, 1.54) is 44.5 Å². The van der Waals surface area contributed by atoms with Crippen LogP contribution >= 0.6 is 0 Å². The monoisotopic (exact) mass is 1320 g/mol. The van der Waals surface area contributed by atoms with Gasteiger partial charge in [-0.3, -0.25) is 0 Å². The first-order valence-corrected chi connectivity index (χ1v) is 35.5. The van der Waals surface area contributed by atoms with Crippen molar-refractivity contribution >= 4 is 10.9 Å². The third-order valence-electron chi connectivity index (χ3n) is 21.9. The standard InChI is InChI=1S/C98H60N4O2/c1-4-24-61(25-5-1)78-56-67(68-49-53-91-86(57-68)98(81-41-17-12-36-74(81)75-37-13-18-42-82(75)98)85-52-48-71(59-93(85)104-91)96-99-87-44-20-14-38-77(87)94(102-96)63-28-8-3-9-29-63)46-50-76(78)89-60-88(62-26-6-2-7-27-62)100-95(101-89)70-33-23-32-66(55-70)64-30-22-31-65(54-64)69-47-51-84-92(58-69)103-90-45-21-19-43-83(90)97(84)79-39-15-10-34-72(79)73-35-11-16-40-80(73)97/h1-60H. The van der Waals surface area contributed by atoms with Crippen molar-refractivity contribution in [1.29, 1.82) is 0 Å². The fourth-order valence-corrected chi connectivity index (χ4v) is 17.3. The molecule has 6 heteroatoms. The zero-order chi connectivity index (χ0) is 68.5. The summed E-state index contributed by atoms with van der Waals surface area (Å²) in [6.07, 6.45) is 0. The van der Waals surface area contributed by atoms with Crippen LogP contribution in [0.4, 0.5) is 0 Å². The lowest BCUT2D eigenvalue weighted by Gasteiger charge is -2.39.